The topological polar surface area (TPSA) is 65.7 Å². The predicted octanol–water partition coefficient (Wildman–Crippen LogP) is 6.22. The maximum absolute atomic E-state index is 12.7. The van der Waals surface area contributed by atoms with Crippen molar-refractivity contribution in [2.45, 2.75) is 0 Å². The number of halogens is 2. The third-order valence-corrected chi connectivity index (χ3v) is 4.93. The van der Waals surface area contributed by atoms with E-state index in [-0.39, 0.29) is 22.5 Å². The van der Waals surface area contributed by atoms with Crippen LogP contribution >= 0.6 is 27.5 Å². The van der Waals surface area contributed by atoms with E-state index in [1.165, 1.54) is 30.5 Å². The number of carbonyl (C=O) groups is 1. The van der Waals surface area contributed by atoms with Crippen molar-refractivity contribution in [3.8, 4) is 17.2 Å². The van der Waals surface area contributed by atoms with Crippen LogP contribution < -0.4 is 14.9 Å². The van der Waals surface area contributed by atoms with Crippen LogP contribution in [0.4, 0.5) is 0 Å². The number of para-hydroxylation sites is 1. The standard InChI is InChI=1S/C22H12BrClO5/c23-17-6-1-2-7-18(17)29-20-12-27-19-11-15(8-9-16(19)21(20)25)28-22(26)13-4-3-5-14(24)10-13/h1-12H. The van der Waals surface area contributed by atoms with Crippen LogP contribution in [0.2, 0.25) is 5.02 Å². The minimum atomic E-state index is -0.567. The van der Waals surface area contributed by atoms with Crippen molar-refractivity contribution in [1.82, 2.24) is 0 Å². The summed E-state index contributed by atoms with van der Waals surface area (Å²) >= 11 is 9.27. The molecule has 0 saturated heterocycles. The van der Waals surface area contributed by atoms with E-state index < -0.39 is 5.97 Å². The summed E-state index contributed by atoms with van der Waals surface area (Å²) in [6.45, 7) is 0. The minimum Gasteiger partial charge on any atom is -0.460 e. The van der Waals surface area contributed by atoms with Crippen molar-refractivity contribution in [3.63, 3.8) is 0 Å². The molecule has 0 spiro atoms. The van der Waals surface area contributed by atoms with Crippen LogP contribution in [0.5, 0.6) is 17.2 Å². The number of rotatable bonds is 4. The van der Waals surface area contributed by atoms with Gasteiger partial charge in [0, 0.05) is 11.1 Å². The van der Waals surface area contributed by atoms with Crippen molar-refractivity contribution >= 4 is 44.5 Å². The average molecular weight is 472 g/mol. The lowest BCUT2D eigenvalue weighted by Gasteiger charge is -2.08. The molecule has 3 aromatic carbocycles. The molecule has 1 heterocycles. The van der Waals surface area contributed by atoms with E-state index in [1.807, 2.05) is 6.07 Å². The number of ether oxygens (including phenoxy) is 2. The summed E-state index contributed by atoms with van der Waals surface area (Å²) in [6, 6.07) is 18.1. The molecular formula is C22H12BrClO5. The van der Waals surface area contributed by atoms with Crippen LogP contribution in [0.25, 0.3) is 11.0 Å². The molecular weight excluding hydrogens is 460 g/mol. The fraction of sp³-hybridized carbons (Fsp3) is 0. The Morgan fingerprint density at radius 3 is 2.59 bits per heavy atom. The molecule has 0 saturated carbocycles. The van der Waals surface area contributed by atoms with Crippen molar-refractivity contribution in [1.29, 1.82) is 0 Å². The zero-order chi connectivity index (χ0) is 20.4. The first-order valence-corrected chi connectivity index (χ1v) is 9.64. The zero-order valence-electron chi connectivity index (χ0n) is 14.7. The number of hydrogen-bond acceptors (Lipinski definition) is 5. The minimum absolute atomic E-state index is 0.0491. The van der Waals surface area contributed by atoms with Gasteiger partial charge >= 0.3 is 5.97 Å². The molecule has 1 aromatic heterocycles. The highest BCUT2D eigenvalue weighted by Gasteiger charge is 2.14. The van der Waals surface area contributed by atoms with Gasteiger partial charge < -0.3 is 13.9 Å². The van der Waals surface area contributed by atoms with E-state index in [0.29, 0.717) is 26.2 Å². The van der Waals surface area contributed by atoms with Gasteiger partial charge in [0.1, 0.15) is 23.3 Å². The maximum atomic E-state index is 12.7. The Hall–Kier alpha value is -3.09. The van der Waals surface area contributed by atoms with Gasteiger partial charge in [-0.3, -0.25) is 4.79 Å². The fourth-order valence-corrected chi connectivity index (χ4v) is 3.21. The van der Waals surface area contributed by atoms with Gasteiger partial charge in [-0.25, -0.2) is 4.79 Å². The molecule has 5 nitrogen and oxygen atoms in total. The number of fused-ring (bicyclic) bond motifs is 1. The first-order valence-electron chi connectivity index (χ1n) is 8.47. The van der Waals surface area contributed by atoms with Gasteiger partial charge in [0.25, 0.3) is 0 Å². The molecule has 0 radical (unpaired) electrons. The largest absolute Gasteiger partial charge is 0.460 e. The van der Waals surface area contributed by atoms with Gasteiger partial charge in [0.2, 0.25) is 11.2 Å². The molecule has 0 aliphatic carbocycles. The van der Waals surface area contributed by atoms with Crippen molar-refractivity contribution in [3.05, 3.63) is 98.3 Å². The molecule has 144 valence electrons. The normalized spacial score (nSPS) is 10.7. The third kappa shape index (κ3) is 4.18. The van der Waals surface area contributed by atoms with Crippen molar-refractivity contribution in [2.24, 2.45) is 0 Å². The van der Waals surface area contributed by atoms with E-state index in [9.17, 15) is 9.59 Å². The van der Waals surface area contributed by atoms with Crippen LogP contribution in [0, 0.1) is 0 Å². The summed E-state index contributed by atoms with van der Waals surface area (Å²) < 4.78 is 17.2. The fourth-order valence-electron chi connectivity index (χ4n) is 2.65. The van der Waals surface area contributed by atoms with E-state index >= 15 is 0 Å². The molecule has 0 aliphatic heterocycles. The number of hydrogen-bond donors (Lipinski definition) is 0. The van der Waals surface area contributed by atoms with Gasteiger partial charge in [0.15, 0.2) is 0 Å². The lowest BCUT2D eigenvalue weighted by atomic mass is 10.2. The van der Waals surface area contributed by atoms with Crippen LogP contribution in [0.3, 0.4) is 0 Å². The summed E-state index contributed by atoms with van der Waals surface area (Å²) in [5, 5.41) is 0.735. The second-order valence-corrected chi connectivity index (χ2v) is 7.31. The smallest absolute Gasteiger partial charge is 0.343 e. The maximum Gasteiger partial charge on any atom is 0.343 e. The lowest BCUT2D eigenvalue weighted by Crippen LogP contribution is -2.09. The van der Waals surface area contributed by atoms with Crippen molar-refractivity contribution < 1.29 is 18.7 Å². The molecule has 29 heavy (non-hydrogen) atoms. The number of carbonyl (C=O) groups excluding carboxylic acids is 1. The van der Waals surface area contributed by atoms with Crippen LogP contribution in [0.15, 0.2) is 86.7 Å². The first-order chi connectivity index (χ1) is 14.0. The molecule has 0 bridgehead atoms. The first kappa shape index (κ1) is 19.2. The second kappa shape index (κ2) is 8.11. The highest BCUT2D eigenvalue weighted by Crippen LogP contribution is 2.29. The molecule has 0 N–H and O–H groups in total. The molecule has 7 heteroatoms. The number of benzene rings is 3. The lowest BCUT2D eigenvalue weighted by molar-refractivity contribution is 0.0735. The molecule has 0 unspecified atom stereocenters. The molecule has 0 fully saturated rings. The van der Waals surface area contributed by atoms with Gasteiger partial charge in [-0.05, 0) is 58.4 Å². The van der Waals surface area contributed by atoms with Gasteiger partial charge in [-0.1, -0.05) is 29.8 Å². The second-order valence-electron chi connectivity index (χ2n) is 6.02. The summed E-state index contributed by atoms with van der Waals surface area (Å²) in [4.78, 5) is 25.0. The molecule has 4 rings (SSSR count). The molecule has 0 aliphatic rings. The quantitative estimate of drug-likeness (QED) is 0.261. The Kier molecular flexibility index (Phi) is 5.38. The summed E-state index contributed by atoms with van der Waals surface area (Å²) in [7, 11) is 0. The highest BCUT2D eigenvalue weighted by atomic mass is 79.9. The SMILES string of the molecule is O=C(Oc1ccc2c(=O)c(Oc3ccccc3Br)coc2c1)c1cccc(Cl)c1. The molecule has 0 atom stereocenters. The Bertz CT molecular complexity index is 1280. The Morgan fingerprint density at radius 2 is 1.79 bits per heavy atom. The third-order valence-electron chi connectivity index (χ3n) is 4.04. The van der Waals surface area contributed by atoms with Crippen LogP contribution in [-0.2, 0) is 0 Å². The Morgan fingerprint density at radius 1 is 0.966 bits per heavy atom. The predicted molar refractivity (Wildman–Crippen MR) is 113 cm³/mol. The zero-order valence-corrected chi connectivity index (χ0v) is 17.1. The summed E-state index contributed by atoms with van der Waals surface area (Å²) in [5.74, 6) is 0.215. The van der Waals surface area contributed by atoms with E-state index in [2.05, 4.69) is 15.9 Å². The Labute approximate surface area is 178 Å². The van der Waals surface area contributed by atoms with Crippen LogP contribution in [-0.4, -0.2) is 5.97 Å². The van der Waals surface area contributed by atoms with E-state index in [4.69, 9.17) is 25.5 Å². The summed E-state index contributed by atoms with van der Waals surface area (Å²) in [5.41, 5.74) is 0.247. The average Bonchev–Trinajstić information content (AvgIpc) is 2.71. The van der Waals surface area contributed by atoms with E-state index in [0.717, 1.165) is 0 Å². The Balaban J connectivity index is 1.61. The highest BCUT2D eigenvalue weighted by molar-refractivity contribution is 9.10. The monoisotopic (exact) mass is 470 g/mol. The van der Waals surface area contributed by atoms with Gasteiger partial charge in [-0.2, -0.15) is 0 Å². The van der Waals surface area contributed by atoms with Gasteiger partial charge in [0.05, 0.1) is 15.4 Å². The van der Waals surface area contributed by atoms with E-state index in [1.54, 1.807) is 36.4 Å². The summed E-state index contributed by atoms with van der Waals surface area (Å²) in [6.07, 6.45) is 1.23. The molecule has 4 aromatic rings. The number of esters is 1. The van der Waals surface area contributed by atoms with Crippen LogP contribution in [0.1, 0.15) is 10.4 Å². The van der Waals surface area contributed by atoms with Gasteiger partial charge in [-0.15, -0.1) is 0 Å². The van der Waals surface area contributed by atoms with Crippen molar-refractivity contribution in [2.75, 3.05) is 0 Å². The molecule has 0 amide bonds.